The molecular weight excluding hydrogens is 298 g/mol. The Kier molecular flexibility index (Phi) is 4.49. The molecule has 2 aromatic rings. The van der Waals surface area contributed by atoms with Gasteiger partial charge in [-0.05, 0) is 32.5 Å². The molecule has 0 saturated carbocycles. The highest BCUT2D eigenvalue weighted by Crippen LogP contribution is 2.30. The molecule has 0 amide bonds. The number of aryl methyl sites for hydroxylation is 1. The maximum absolute atomic E-state index is 11.7. The SMILES string of the molecule is CCc1nc(Cl)c(C)c(Sc2n[nH]c(=O)n2C(C)C)n1. The summed E-state index contributed by atoms with van der Waals surface area (Å²) in [5.74, 6) is 0.678. The zero-order valence-corrected chi connectivity index (χ0v) is 13.3. The molecule has 20 heavy (non-hydrogen) atoms. The third kappa shape index (κ3) is 2.88. The van der Waals surface area contributed by atoms with Crippen LogP contribution in [-0.2, 0) is 6.42 Å². The molecular formula is C12H16ClN5OS. The van der Waals surface area contributed by atoms with Gasteiger partial charge in [-0.25, -0.2) is 19.9 Å². The standard InChI is InChI=1S/C12H16ClN5OS/c1-5-8-14-9(13)7(4)10(15-8)20-12-17-16-11(19)18(12)6(2)3/h6H,5H2,1-4H3,(H,16,19). The summed E-state index contributed by atoms with van der Waals surface area (Å²) in [6.45, 7) is 7.68. The topological polar surface area (TPSA) is 76.5 Å². The van der Waals surface area contributed by atoms with Gasteiger partial charge in [-0.15, -0.1) is 5.10 Å². The Morgan fingerprint density at radius 1 is 1.40 bits per heavy atom. The fraction of sp³-hybridized carbons (Fsp3) is 0.500. The maximum Gasteiger partial charge on any atom is 0.344 e. The molecule has 0 fully saturated rings. The van der Waals surface area contributed by atoms with E-state index in [1.54, 1.807) is 4.57 Å². The summed E-state index contributed by atoms with van der Waals surface area (Å²) in [5.41, 5.74) is 0.565. The van der Waals surface area contributed by atoms with Crippen molar-refractivity contribution in [2.75, 3.05) is 0 Å². The van der Waals surface area contributed by atoms with Gasteiger partial charge < -0.3 is 0 Å². The minimum absolute atomic E-state index is 0.0204. The first-order valence-corrected chi connectivity index (χ1v) is 7.51. The Morgan fingerprint density at radius 2 is 2.10 bits per heavy atom. The number of aromatic nitrogens is 5. The van der Waals surface area contributed by atoms with Gasteiger partial charge >= 0.3 is 5.69 Å². The Hall–Kier alpha value is -1.34. The summed E-state index contributed by atoms with van der Waals surface area (Å²) >= 11 is 7.43. The van der Waals surface area contributed by atoms with Gasteiger partial charge in [0.15, 0.2) is 5.16 Å². The van der Waals surface area contributed by atoms with E-state index in [0.29, 0.717) is 22.6 Å². The van der Waals surface area contributed by atoms with Crippen LogP contribution in [0.1, 0.15) is 38.2 Å². The quantitative estimate of drug-likeness (QED) is 0.878. The molecule has 0 radical (unpaired) electrons. The Balaban J connectivity index is 2.45. The number of rotatable bonds is 4. The number of nitrogens with zero attached hydrogens (tertiary/aromatic N) is 4. The van der Waals surface area contributed by atoms with Crippen molar-refractivity contribution in [3.05, 3.63) is 27.0 Å². The van der Waals surface area contributed by atoms with Crippen molar-refractivity contribution in [2.45, 2.75) is 50.3 Å². The van der Waals surface area contributed by atoms with Crippen molar-refractivity contribution < 1.29 is 0 Å². The van der Waals surface area contributed by atoms with Gasteiger partial charge in [-0.2, -0.15) is 0 Å². The number of halogens is 1. The molecule has 2 aromatic heterocycles. The number of nitrogens with one attached hydrogen (secondary N) is 1. The van der Waals surface area contributed by atoms with Crippen LogP contribution in [0, 0.1) is 6.92 Å². The molecule has 0 aliphatic carbocycles. The van der Waals surface area contributed by atoms with Crippen LogP contribution in [0.3, 0.4) is 0 Å². The lowest BCUT2D eigenvalue weighted by Gasteiger charge is -2.10. The van der Waals surface area contributed by atoms with Crippen molar-refractivity contribution in [3.8, 4) is 0 Å². The molecule has 0 aromatic carbocycles. The molecule has 8 heteroatoms. The van der Waals surface area contributed by atoms with Crippen LogP contribution in [0.15, 0.2) is 15.0 Å². The van der Waals surface area contributed by atoms with E-state index in [4.69, 9.17) is 11.6 Å². The van der Waals surface area contributed by atoms with Gasteiger partial charge in [-0.1, -0.05) is 18.5 Å². The highest BCUT2D eigenvalue weighted by molar-refractivity contribution is 7.99. The molecule has 2 rings (SSSR count). The second-order valence-electron chi connectivity index (χ2n) is 4.59. The number of hydrogen-bond acceptors (Lipinski definition) is 5. The highest BCUT2D eigenvalue weighted by Gasteiger charge is 2.16. The summed E-state index contributed by atoms with van der Waals surface area (Å²) in [4.78, 5) is 20.4. The van der Waals surface area contributed by atoms with Crippen LogP contribution in [-0.4, -0.2) is 24.7 Å². The molecule has 108 valence electrons. The minimum atomic E-state index is -0.226. The van der Waals surface area contributed by atoms with E-state index in [1.165, 1.54) is 11.8 Å². The minimum Gasteiger partial charge on any atom is -0.267 e. The van der Waals surface area contributed by atoms with E-state index < -0.39 is 0 Å². The van der Waals surface area contributed by atoms with Crippen molar-refractivity contribution in [1.29, 1.82) is 0 Å². The third-order valence-corrected chi connectivity index (χ3v) is 4.21. The molecule has 0 saturated heterocycles. The zero-order valence-electron chi connectivity index (χ0n) is 11.8. The molecule has 2 heterocycles. The van der Waals surface area contributed by atoms with E-state index in [2.05, 4.69) is 20.2 Å². The van der Waals surface area contributed by atoms with Crippen LogP contribution in [0.5, 0.6) is 0 Å². The fourth-order valence-electron chi connectivity index (χ4n) is 1.67. The Morgan fingerprint density at radius 3 is 2.70 bits per heavy atom. The number of hydrogen-bond donors (Lipinski definition) is 1. The maximum atomic E-state index is 11.7. The molecule has 0 unspecified atom stereocenters. The monoisotopic (exact) mass is 313 g/mol. The summed E-state index contributed by atoms with van der Waals surface area (Å²) < 4.78 is 1.59. The molecule has 0 bridgehead atoms. The van der Waals surface area contributed by atoms with E-state index in [9.17, 15) is 4.79 Å². The summed E-state index contributed by atoms with van der Waals surface area (Å²) in [5, 5.41) is 8.24. The van der Waals surface area contributed by atoms with Crippen LogP contribution < -0.4 is 5.69 Å². The normalized spacial score (nSPS) is 11.3. The van der Waals surface area contributed by atoms with E-state index in [-0.39, 0.29) is 11.7 Å². The average molecular weight is 314 g/mol. The second-order valence-corrected chi connectivity index (χ2v) is 5.91. The highest BCUT2D eigenvalue weighted by atomic mass is 35.5. The molecule has 6 nitrogen and oxygen atoms in total. The largest absolute Gasteiger partial charge is 0.344 e. The molecule has 0 spiro atoms. The summed E-state index contributed by atoms with van der Waals surface area (Å²) in [7, 11) is 0. The van der Waals surface area contributed by atoms with Gasteiger partial charge in [0.25, 0.3) is 0 Å². The van der Waals surface area contributed by atoms with Crippen molar-refractivity contribution >= 4 is 23.4 Å². The lowest BCUT2D eigenvalue weighted by molar-refractivity contribution is 0.533. The van der Waals surface area contributed by atoms with E-state index >= 15 is 0 Å². The van der Waals surface area contributed by atoms with Crippen LogP contribution in [0.4, 0.5) is 0 Å². The predicted octanol–water partition coefficient (Wildman–Crippen LogP) is 2.62. The van der Waals surface area contributed by atoms with Gasteiger partial charge in [0.2, 0.25) is 0 Å². The van der Waals surface area contributed by atoms with Gasteiger partial charge in [0, 0.05) is 18.0 Å². The number of aromatic amines is 1. The lowest BCUT2D eigenvalue weighted by atomic mass is 10.3. The van der Waals surface area contributed by atoms with Crippen LogP contribution in [0.25, 0.3) is 0 Å². The molecule has 0 aliphatic rings. The van der Waals surface area contributed by atoms with Crippen molar-refractivity contribution in [2.24, 2.45) is 0 Å². The Bertz CT molecular complexity index is 679. The Labute approximate surface area is 126 Å². The van der Waals surface area contributed by atoms with E-state index in [0.717, 1.165) is 10.6 Å². The second kappa shape index (κ2) is 5.97. The fourth-order valence-corrected chi connectivity index (χ4v) is 2.97. The van der Waals surface area contributed by atoms with Gasteiger partial charge in [0.05, 0.1) is 0 Å². The molecule has 0 atom stereocenters. The predicted molar refractivity (Wildman–Crippen MR) is 78.5 cm³/mol. The van der Waals surface area contributed by atoms with Gasteiger partial charge in [0.1, 0.15) is 16.0 Å². The van der Waals surface area contributed by atoms with Crippen LogP contribution in [0.2, 0.25) is 5.15 Å². The summed E-state index contributed by atoms with van der Waals surface area (Å²) in [6.07, 6.45) is 0.700. The van der Waals surface area contributed by atoms with Crippen molar-refractivity contribution in [1.82, 2.24) is 24.7 Å². The van der Waals surface area contributed by atoms with Crippen LogP contribution >= 0.6 is 23.4 Å². The first kappa shape index (κ1) is 15.1. The van der Waals surface area contributed by atoms with Crippen molar-refractivity contribution in [3.63, 3.8) is 0 Å². The van der Waals surface area contributed by atoms with Gasteiger partial charge in [-0.3, -0.25) is 4.57 Å². The average Bonchev–Trinajstić information content (AvgIpc) is 2.75. The smallest absolute Gasteiger partial charge is 0.267 e. The lowest BCUT2D eigenvalue weighted by Crippen LogP contribution is -2.19. The molecule has 0 aliphatic heterocycles. The number of H-pyrrole nitrogens is 1. The van der Waals surface area contributed by atoms with E-state index in [1.807, 2.05) is 27.7 Å². The summed E-state index contributed by atoms with van der Waals surface area (Å²) in [6, 6.07) is 0.0204. The first-order valence-electron chi connectivity index (χ1n) is 6.31. The zero-order chi connectivity index (χ0) is 14.9. The molecule has 1 N–H and O–H groups in total. The first-order chi connectivity index (χ1) is 9.43. The third-order valence-electron chi connectivity index (χ3n) is 2.78.